The molecule has 2 amide bonds. The molecular formula is C17H31NO2. The van der Waals surface area contributed by atoms with Crippen LogP contribution in [0.2, 0.25) is 0 Å². The van der Waals surface area contributed by atoms with Crippen LogP contribution in [0, 0.1) is 29.6 Å². The first-order chi connectivity index (χ1) is 9.23. The summed E-state index contributed by atoms with van der Waals surface area (Å²) in [6.07, 6.45) is 2.91. The smallest absolute Gasteiger partial charge is 0.233 e. The minimum absolute atomic E-state index is 0.00227. The maximum absolute atomic E-state index is 12.1. The topological polar surface area (TPSA) is 37.4 Å². The third-order valence-corrected chi connectivity index (χ3v) is 3.83. The van der Waals surface area contributed by atoms with Crippen molar-refractivity contribution >= 4 is 11.8 Å². The number of carbonyl (C=O) groups is 2. The second kappa shape index (κ2) is 7.24. The van der Waals surface area contributed by atoms with E-state index < -0.39 is 0 Å². The number of amides is 2. The highest BCUT2D eigenvalue weighted by atomic mass is 16.2. The summed E-state index contributed by atoms with van der Waals surface area (Å²) >= 11 is 0. The molecule has 20 heavy (non-hydrogen) atoms. The molecule has 0 N–H and O–H groups in total. The number of imide groups is 1. The SMILES string of the molecule is CC(C)C.CC(C)CN1C(=O)C2CCC(C)CC2C1=O. The Hall–Kier alpha value is -0.860. The van der Waals surface area contributed by atoms with Gasteiger partial charge in [0, 0.05) is 6.54 Å². The Kier molecular flexibility index (Phi) is 6.22. The molecule has 3 atom stereocenters. The number of hydrogen-bond acceptors (Lipinski definition) is 2. The predicted octanol–water partition coefficient (Wildman–Crippen LogP) is 3.73. The number of nitrogens with zero attached hydrogens (tertiary/aromatic N) is 1. The lowest BCUT2D eigenvalue weighted by molar-refractivity contribution is -0.140. The Bertz CT molecular complexity index is 346. The van der Waals surface area contributed by atoms with Crippen molar-refractivity contribution < 1.29 is 9.59 Å². The normalized spacial score (nSPS) is 29.6. The second-order valence-electron chi connectivity index (χ2n) is 7.54. The van der Waals surface area contributed by atoms with Crippen LogP contribution >= 0.6 is 0 Å². The molecule has 2 rings (SSSR count). The number of likely N-dealkylation sites (tertiary alicyclic amines) is 1. The van der Waals surface area contributed by atoms with E-state index in [0.717, 1.165) is 25.2 Å². The molecule has 0 bridgehead atoms. The zero-order chi connectivity index (χ0) is 15.4. The highest BCUT2D eigenvalue weighted by Crippen LogP contribution is 2.40. The van der Waals surface area contributed by atoms with E-state index in [-0.39, 0.29) is 23.7 Å². The molecule has 1 aliphatic carbocycles. The Morgan fingerprint density at radius 2 is 1.50 bits per heavy atom. The van der Waals surface area contributed by atoms with Crippen molar-refractivity contribution in [3.05, 3.63) is 0 Å². The van der Waals surface area contributed by atoms with E-state index in [1.54, 1.807) is 0 Å². The van der Waals surface area contributed by atoms with Gasteiger partial charge in [0.15, 0.2) is 0 Å². The van der Waals surface area contributed by atoms with Gasteiger partial charge in [0.05, 0.1) is 11.8 Å². The molecule has 1 aliphatic heterocycles. The summed E-state index contributed by atoms with van der Waals surface area (Å²) in [5.74, 6) is 1.98. The maximum atomic E-state index is 12.1. The van der Waals surface area contributed by atoms with Crippen LogP contribution in [0.3, 0.4) is 0 Å². The lowest BCUT2D eigenvalue weighted by Crippen LogP contribution is -2.34. The van der Waals surface area contributed by atoms with Gasteiger partial charge in [-0.25, -0.2) is 0 Å². The Balaban J connectivity index is 0.000000444. The van der Waals surface area contributed by atoms with E-state index in [1.165, 1.54) is 4.90 Å². The third-order valence-electron chi connectivity index (χ3n) is 3.83. The van der Waals surface area contributed by atoms with Gasteiger partial charge in [-0.1, -0.05) is 41.5 Å². The summed E-state index contributed by atoms with van der Waals surface area (Å²) in [5.41, 5.74) is 0. The van der Waals surface area contributed by atoms with E-state index in [0.29, 0.717) is 18.4 Å². The first-order valence-corrected chi connectivity index (χ1v) is 8.09. The highest BCUT2D eigenvalue weighted by molar-refractivity contribution is 6.05. The fourth-order valence-electron chi connectivity index (χ4n) is 3.00. The molecule has 3 heteroatoms. The van der Waals surface area contributed by atoms with Crippen molar-refractivity contribution in [3.8, 4) is 0 Å². The van der Waals surface area contributed by atoms with Crippen molar-refractivity contribution in [2.24, 2.45) is 29.6 Å². The largest absolute Gasteiger partial charge is 0.282 e. The van der Waals surface area contributed by atoms with Gasteiger partial charge in [-0.3, -0.25) is 14.5 Å². The molecule has 3 unspecified atom stereocenters. The zero-order valence-corrected chi connectivity index (χ0v) is 14.0. The van der Waals surface area contributed by atoms with Crippen LogP contribution in [-0.2, 0) is 9.59 Å². The second-order valence-corrected chi connectivity index (χ2v) is 7.54. The zero-order valence-electron chi connectivity index (χ0n) is 14.0. The molecule has 0 aromatic heterocycles. The van der Waals surface area contributed by atoms with Crippen molar-refractivity contribution in [2.45, 2.75) is 60.8 Å². The van der Waals surface area contributed by atoms with Gasteiger partial charge in [-0.05, 0) is 37.0 Å². The number of hydrogen-bond donors (Lipinski definition) is 0. The van der Waals surface area contributed by atoms with Crippen LogP contribution in [0.5, 0.6) is 0 Å². The summed E-state index contributed by atoms with van der Waals surface area (Å²) in [7, 11) is 0. The Morgan fingerprint density at radius 1 is 1.00 bits per heavy atom. The minimum atomic E-state index is -0.00463. The molecule has 2 aliphatic rings. The van der Waals surface area contributed by atoms with Crippen molar-refractivity contribution in [1.29, 1.82) is 0 Å². The molecule has 1 heterocycles. The summed E-state index contributed by atoms with van der Waals surface area (Å²) in [5, 5.41) is 0. The van der Waals surface area contributed by atoms with E-state index in [2.05, 4.69) is 27.7 Å². The van der Waals surface area contributed by atoms with Crippen molar-refractivity contribution in [3.63, 3.8) is 0 Å². The van der Waals surface area contributed by atoms with Crippen LogP contribution < -0.4 is 0 Å². The third kappa shape index (κ3) is 4.32. The number of rotatable bonds is 2. The molecule has 2 fully saturated rings. The predicted molar refractivity (Wildman–Crippen MR) is 82.1 cm³/mol. The lowest BCUT2D eigenvalue weighted by atomic mass is 9.76. The Labute approximate surface area is 124 Å². The molecular weight excluding hydrogens is 250 g/mol. The average molecular weight is 281 g/mol. The summed E-state index contributed by atoms with van der Waals surface area (Å²) in [6.45, 7) is 13.4. The molecule has 3 nitrogen and oxygen atoms in total. The first kappa shape index (κ1) is 17.2. The van der Waals surface area contributed by atoms with Crippen LogP contribution in [0.15, 0.2) is 0 Å². The van der Waals surface area contributed by atoms with Gasteiger partial charge in [-0.15, -0.1) is 0 Å². The van der Waals surface area contributed by atoms with Gasteiger partial charge in [-0.2, -0.15) is 0 Å². The van der Waals surface area contributed by atoms with Gasteiger partial charge in [0.2, 0.25) is 11.8 Å². The summed E-state index contributed by atoms with van der Waals surface area (Å²) in [4.78, 5) is 25.7. The van der Waals surface area contributed by atoms with E-state index in [9.17, 15) is 9.59 Å². The minimum Gasteiger partial charge on any atom is -0.282 e. The molecule has 1 saturated heterocycles. The molecule has 0 spiro atoms. The van der Waals surface area contributed by atoms with E-state index in [4.69, 9.17) is 0 Å². The maximum Gasteiger partial charge on any atom is 0.233 e. The molecule has 0 radical (unpaired) electrons. The fraction of sp³-hybridized carbons (Fsp3) is 0.882. The van der Waals surface area contributed by atoms with Crippen LogP contribution in [-0.4, -0.2) is 23.3 Å². The van der Waals surface area contributed by atoms with Gasteiger partial charge < -0.3 is 0 Å². The quantitative estimate of drug-likeness (QED) is 0.723. The van der Waals surface area contributed by atoms with Crippen LogP contribution in [0.25, 0.3) is 0 Å². The monoisotopic (exact) mass is 281 g/mol. The standard InChI is InChI=1S/C13H21NO2.C4H10/c1-8(2)7-14-12(15)10-5-4-9(3)6-11(10)13(14)16;1-4(2)3/h8-11H,4-7H2,1-3H3;4H,1-3H3. The molecule has 0 aromatic carbocycles. The van der Waals surface area contributed by atoms with Crippen molar-refractivity contribution in [2.75, 3.05) is 6.54 Å². The Morgan fingerprint density at radius 3 is 2.00 bits per heavy atom. The number of carbonyl (C=O) groups excluding carboxylic acids is 2. The lowest BCUT2D eigenvalue weighted by Gasteiger charge is -2.25. The fourth-order valence-corrected chi connectivity index (χ4v) is 3.00. The van der Waals surface area contributed by atoms with Crippen LogP contribution in [0.1, 0.15) is 60.8 Å². The van der Waals surface area contributed by atoms with E-state index in [1.807, 2.05) is 13.8 Å². The molecule has 116 valence electrons. The summed E-state index contributed by atoms with van der Waals surface area (Å²) < 4.78 is 0. The average Bonchev–Trinajstić information content (AvgIpc) is 2.53. The van der Waals surface area contributed by atoms with Crippen molar-refractivity contribution in [1.82, 2.24) is 4.90 Å². The van der Waals surface area contributed by atoms with Gasteiger partial charge >= 0.3 is 0 Å². The molecule has 1 saturated carbocycles. The van der Waals surface area contributed by atoms with E-state index >= 15 is 0 Å². The molecule has 0 aromatic rings. The van der Waals surface area contributed by atoms with Crippen LogP contribution in [0.4, 0.5) is 0 Å². The highest BCUT2D eigenvalue weighted by Gasteiger charge is 2.49. The summed E-state index contributed by atoms with van der Waals surface area (Å²) in [6, 6.07) is 0. The van der Waals surface area contributed by atoms with Gasteiger partial charge in [0.1, 0.15) is 0 Å². The first-order valence-electron chi connectivity index (χ1n) is 8.09. The number of fused-ring (bicyclic) bond motifs is 1. The van der Waals surface area contributed by atoms with Gasteiger partial charge in [0.25, 0.3) is 0 Å².